The predicted molar refractivity (Wildman–Crippen MR) is 141 cm³/mol. The van der Waals surface area contributed by atoms with Crippen molar-refractivity contribution in [3.8, 4) is 5.75 Å². The van der Waals surface area contributed by atoms with Crippen molar-refractivity contribution in [3.63, 3.8) is 0 Å². The Balaban J connectivity index is 1.53. The molecule has 2 heterocycles. The van der Waals surface area contributed by atoms with Crippen LogP contribution >= 0.6 is 22.9 Å². The van der Waals surface area contributed by atoms with Crippen molar-refractivity contribution in [2.24, 2.45) is 5.92 Å². The molecule has 0 radical (unpaired) electrons. The zero-order valence-electron chi connectivity index (χ0n) is 20.5. The maximum absolute atomic E-state index is 13.7. The number of rotatable bonds is 9. The van der Waals surface area contributed by atoms with Gasteiger partial charge in [-0.15, -0.1) is 11.3 Å². The van der Waals surface area contributed by atoms with E-state index < -0.39 is 5.82 Å². The van der Waals surface area contributed by atoms with E-state index in [2.05, 4.69) is 19.9 Å². The molecule has 0 saturated heterocycles. The zero-order valence-corrected chi connectivity index (χ0v) is 22.0. The van der Waals surface area contributed by atoms with Crippen LogP contribution in [-0.4, -0.2) is 47.9 Å². The average molecular weight is 529 g/mol. The fourth-order valence-electron chi connectivity index (χ4n) is 4.33. The van der Waals surface area contributed by atoms with Crippen LogP contribution in [0.2, 0.25) is 5.02 Å². The monoisotopic (exact) mass is 528 g/mol. The Morgan fingerprint density at radius 2 is 1.89 bits per heavy atom. The molecule has 3 aromatic rings. The largest absolute Gasteiger partial charge is 0.491 e. The Labute approximate surface area is 220 Å². The molecule has 2 atom stereocenters. The Morgan fingerprint density at radius 1 is 1.17 bits per heavy atom. The van der Waals surface area contributed by atoms with E-state index in [1.54, 1.807) is 40.5 Å². The number of ether oxygens (including phenoxy) is 1. The average Bonchev–Trinajstić information content (AvgIpc) is 3.37. The van der Waals surface area contributed by atoms with E-state index in [0.29, 0.717) is 36.0 Å². The minimum absolute atomic E-state index is 0.0442. The van der Waals surface area contributed by atoms with Crippen LogP contribution in [0.5, 0.6) is 5.75 Å². The summed E-state index contributed by atoms with van der Waals surface area (Å²) in [4.78, 5) is 31.6. The van der Waals surface area contributed by atoms with Crippen LogP contribution < -0.4 is 4.74 Å². The smallest absolute Gasteiger partial charge is 0.254 e. The van der Waals surface area contributed by atoms with Crippen molar-refractivity contribution in [1.82, 2.24) is 9.80 Å². The van der Waals surface area contributed by atoms with E-state index in [1.807, 2.05) is 10.3 Å². The van der Waals surface area contributed by atoms with Gasteiger partial charge in [-0.1, -0.05) is 31.9 Å². The highest BCUT2D eigenvalue weighted by atomic mass is 35.5. The molecule has 5 nitrogen and oxygen atoms in total. The van der Waals surface area contributed by atoms with Gasteiger partial charge >= 0.3 is 0 Å². The molecule has 0 spiro atoms. The summed E-state index contributed by atoms with van der Waals surface area (Å²) in [5.74, 6) is 0.0933. The number of hydrogen-bond donors (Lipinski definition) is 0. The molecule has 8 heteroatoms. The second kappa shape index (κ2) is 11.9. The van der Waals surface area contributed by atoms with Crippen molar-refractivity contribution in [2.75, 3.05) is 26.2 Å². The number of hydrogen-bond acceptors (Lipinski definition) is 4. The van der Waals surface area contributed by atoms with Crippen molar-refractivity contribution in [1.29, 1.82) is 0 Å². The second-order valence-corrected chi connectivity index (χ2v) is 10.6. The van der Waals surface area contributed by atoms with Gasteiger partial charge in [0.1, 0.15) is 24.7 Å². The van der Waals surface area contributed by atoms with Gasteiger partial charge in [0.25, 0.3) is 5.91 Å². The van der Waals surface area contributed by atoms with Gasteiger partial charge in [0.15, 0.2) is 0 Å². The predicted octanol–water partition coefficient (Wildman–Crippen LogP) is 6.23. The highest BCUT2D eigenvalue weighted by Gasteiger charge is 2.34. The molecule has 0 aliphatic carbocycles. The lowest BCUT2D eigenvalue weighted by molar-refractivity contribution is -0.135. The molecule has 0 fully saturated rings. The van der Waals surface area contributed by atoms with E-state index >= 15 is 0 Å². The van der Waals surface area contributed by atoms with E-state index in [0.717, 1.165) is 18.4 Å². The summed E-state index contributed by atoms with van der Waals surface area (Å²) in [5, 5.41) is 2.67. The molecular weight excluding hydrogens is 499 g/mol. The number of fused-ring (bicyclic) bond motifs is 1. The van der Waals surface area contributed by atoms with Gasteiger partial charge < -0.3 is 14.5 Å². The molecule has 36 heavy (non-hydrogen) atoms. The third kappa shape index (κ3) is 6.26. The van der Waals surface area contributed by atoms with Gasteiger partial charge in [-0.05, 0) is 77.9 Å². The molecule has 1 aliphatic rings. The van der Waals surface area contributed by atoms with Crippen LogP contribution in [0.4, 0.5) is 4.39 Å². The zero-order chi connectivity index (χ0) is 25.7. The summed E-state index contributed by atoms with van der Waals surface area (Å²) in [6, 6.07) is 14.4. The lowest BCUT2D eigenvalue weighted by Gasteiger charge is -2.37. The number of thiophene rings is 1. The van der Waals surface area contributed by atoms with Gasteiger partial charge in [0.2, 0.25) is 5.91 Å². The molecule has 2 amide bonds. The Kier molecular flexibility index (Phi) is 8.64. The number of amides is 2. The van der Waals surface area contributed by atoms with E-state index in [1.165, 1.54) is 29.1 Å². The van der Waals surface area contributed by atoms with Crippen LogP contribution in [0.15, 0.2) is 60.0 Å². The van der Waals surface area contributed by atoms with Crippen LogP contribution in [0.1, 0.15) is 47.1 Å². The molecule has 1 aromatic heterocycles. The first-order valence-corrected chi connectivity index (χ1v) is 13.4. The summed E-state index contributed by atoms with van der Waals surface area (Å²) in [6.45, 7) is 5.37. The van der Waals surface area contributed by atoms with Crippen LogP contribution in [-0.2, 0) is 11.2 Å². The van der Waals surface area contributed by atoms with Crippen molar-refractivity contribution in [3.05, 3.63) is 86.8 Å². The maximum atomic E-state index is 13.7. The number of carbonyl (C=O) groups excluding carboxylic acids is 2. The molecular formula is C28H30ClFN2O3S. The van der Waals surface area contributed by atoms with Crippen molar-refractivity contribution >= 4 is 34.8 Å². The summed E-state index contributed by atoms with van der Waals surface area (Å²) >= 11 is 7.68. The van der Waals surface area contributed by atoms with Crippen LogP contribution in [0.25, 0.3) is 0 Å². The lowest BCUT2D eigenvalue weighted by Crippen LogP contribution is -2.48. The summed E-state index contributed by atoms with van der Waals surface area (Å²) in [5.41, 5.74) is 1.46. The Morgan fingerprint density at radius 3 is 2.58 bits per heavy atom. The fraction of sp³-hybridized carbons (Fsp3) is 0.357. The molecule has 1 aliphatic heterocycles. The van der Waals surface area contributed by atoms with E-state index in [-0.39, 0.29) is 30.3 Å². The SMILES string of the molecule is CC[C@H](C)CN(CC(=O)N1CCc2sccc2[C@@H]1COc1ccc(Cl)cc1)C(=O)c1ccc(F)cc1. The highest BCUT2D eigenvalue weighted by Crippen LogP contribution is 2.34. The van der Waals surface area contributed by atoms with Crippen molar-refractivity contribution < 1.29 is 18.7 Å². The first-order chi connectivity index (χ1) is 17.4. The van der Waals surface area contributed by atoms with E-state index in [9.17, 15) is 14.0 Å². The Hall–Kier alpha value is -2.90. The topological polar surface area (TPSA) is 49.9 Å². The van der Waals surface area contributed by atoms with Gasteiger partial charge in [-0.25, -0.2) is 4.39 Å². The molecule has 0 saturated carbocycles. The minimum atomic E-state index is -0.403. The number of carbonyl (C=O) groups is 2. The fourth-order valence-corrected chi connectivity index (χ4v) is 5.39. The van der Waals surface area contributed by atoms with Crippen LogP contribution in [0, 0.1) is 11.7 Å². The third-order valence-corrected chi connectivity index (χ3v) is 7.82. The molecule has 190 valence electrons. The molecule has 0 bridgehead atoms. The second-order valence-electron chi connectivity index (χ2n) is 9.12. The quantitative estimate of drug-likeness (QED) is 0.330. The molecule has 4 rings (SSSR count). The first-order valence-electron chi connectivity index (χ1n) is 12.1. The van der Waals surface area contributed by atoms with Crippen molar-refractivity contribution in [2.45, 2.75) is 32.7 Å². The number of halogens is 2. The molecule has 2 aromatic carbocycles. The first kappa shape index (κ1) is 26.2. The normalized spacial score (nSPS) is 15.8. The summed E-state index contributed by atoms with van der Waals surface area (Å²) < 4.78 is 19.5. The number of nitrogens with zero attached hydrogens (tertiary/aromatic N) is 2. The lowest BCUT2D eigenvalue weighted by atomic mass is 10.00. The Bertz CT molecular complexity index is 1180. The van der Waals surface area contributed by atoms with Crippen LogP contribution in [0.3, 0.4) is 0 Å². The van der Waals surface area contributed by atoms with Gasteiger partial charge in [0.05, 0.1) is 6.04 Å². The van der Waals surface area contributed by atoms with Gasteiger partial charge in [-0.2, -0.15) is 0 Å². The highest BCUT2D eigenvalue weighted by molar-refractivity contribution is 7.10. The third-order valence-electron chi connectivity index (χ3n) is 6.57. The molecule has 0 unspecified atom stereocenters. The minimum Gasteiger partial charge on any atom is -0.491 e. The standard InChI is InChI=1S/C28H30ClFN2O3S/c1-3-19(2)16-31(28(34)20-4-8-22(30)9-5-20)17-27(33)32-14-12-26-24(13-15-36-26)25(32)18-35-23-10-6-21(29)7-11-23/h4-11,13,15,19,25H,3,12,14,16-18H2,1-2H3/t19-,25-/m0/s1. The summed E-state index contributed by atoms with van der Waals surface area (Å²) in [6.07, 6.45) is 1.65. The summed E-state index contributed by atoms with van der Waals surface area (Å²) in [7, 11) is 0. The van der Waals surface area contributed by atoms with Gasteiger partial charge in [0, 0.05) is 28.6 Å². The number of benzene rings is 2. The molecule has 0 N–H and O–H groups in total. The maximum Gasteiger partial charge on any atom is 0.254 e. The van der Waals surface area contributed by atoms with E-state index in [4.69, 9.17) is 16.3 Å². The van der Waals surface area contributed by atoms with Gasteiger partial charge in [-0.3, -0.25) is 9.59 Å².